The van der Waals surface area contributed by atoms with Gasteiger partial charge in [-0.05, 0) is 31.2 Å². The summed E-state index contributed by atoms with van der Waals surface area (Å²) in [5.74, 6) is -2.52. The number of halogens is 2. The monoisotopic (exact) mass is 250 g/mol. The maximum absolute atomic E-state index is 13.5. The Balaban J connectivity index is 2.61. The zero-order chi connectivity index (χ0) is 13.3. The van der Waals surface area contributed by atoms with Gasteiger partial charge in [-0.15, -0.1) is 0 Å². The lowest BCUT2D eigenvalue weighted by atomic mass is 10.1. The highest BCUT2D eigenvalue weighted by Gasteiger charge is 2.14. The average Bonchev–Trinajstić information content (AvgIpc) is 2.33. The SMILES string of the molecule is Cc1nnc(-c2cc(F)ccc2F)cc1C(=O)O. The molecule has 1 heterocycles. The summed E-state index contributed by atoms with van der Waals surface area (Å²) in [5.41, 5.74) is -0.0216. The standard InChI is InChI=1S/C12H8F2N2O2/c1-6-8(12(17)18)5-11(16-15-6)9-4-7(13)2-3-10(9)14/h2-5H,1H3,(H,17,18). The minimum atomic E-state index is -1.19. The van der Waals surface area contributed by atoms with E-state index in [0.717, 1.165) is 18.2 Å². The first-order valence-electron chi connectivity index (χ1n) is 5.02. The van der Waals surface area contributed by atoms with Crippen LogP contribution in [0.4, 0.5) is 8.78 Å². The molecule has 0 amide bonds. The molecule has 0 fully saturated rings. The molecule has 0 saturated heterocycles. The van der Waals surface area contributed by atoms with Crippen molar-refractivity contribution in [3.63, 3.8) is 0 Å². The second-order valence-electron chi connectivity index (χ2n) is 3.66. The minimum absolute atomic E-state index is 0.0185. The lowest BCUT2D eigenvalue weighted by Crippen LogP contribution is -2.04. The fourth-order valence-corrected chi connectivity index (χ4v) is 1.49. The molecule has 6 heteroatoms. The number of carbonyl (C=O) groups is 1. The Labute approximate surface area is 101 Å². The third-order valence-electron chi connectivity index (χ3n) is 2.41. The quantitative estimate of drug-likeness (QED) is 0.889. The van der Waals surface area contributed by atoms with Crippen molar-refractivity contribution in [3.8, 4) is 11.3 Å². The molecule has 4 nitrogen and oxygen atoms in total. The number of carboxylic acid groups (broad SMARTS) is 1. The van der Waals surface area contributed by atoms with Gasteiger partial charge < -0.3 is 5.11 Å². The Morgan fingerprint density at radius 1 is 1.22 bits per heavy atom. The van der Waals surface area contributed by atoms with Crippen LogP contribution in [0.5, 0.6) is 0 Å². The van der Waals surface area contributed by atoms with E-state index in [1.165, 1.54) is 13.0 Å². The number of aryl methyl sites for hydroxylation is 1. The fraction of sp³-hybridized carbons (Fsp3) is 0.0833. The van der Waals surface area contributed by atoms with Gasteiger partial charge in [0.1, 0.15) is 11.6 Å². The van der Waals surface area contributed by atoms with E-state index in [-0.39, 0.29) is 22.5 Å². The lowest BCUT2D eigenvalue weighted by Gasteiger charge is -2.05. The summed E-state index contributed by atoms with van der Waals surface area (Å²) in [4.78, 5) is 10.9. The van der Waals surface area contributed by atoms with Gasteiger partial charge in [-0.25, -0.2) is 13.6 Å². The van der Waals surface area contributed by atoms with Gasteiger partial charge in [-0.3, -0.25) is 0 Å². The summed E-state index contributed by atoms with van der Waals surface area (Å²) < 4.78 is 26.5. The first-order valence-corrected chi connectivity index (χ1v) is 5.02. The van der Waals surface area contributed by atoms with Crippen LogP contribution in [0.25, 0.3) is 11.3 Å². The Bertz CT molecular complexity index is 629. The van der Waals surface area contributed by atoms with Crippen LogP contribution in [0.1, 0.15) is 16.1 Å². The van der Waals surface area contributed by atoms with E-state index in [1.54, 1.807) is 0 Å². The van der Waals surface area contributed by atoms with Crippen molar-refractivity contribution in [1.29, 1.82) is 0 Å². The lowest BCUT2D eigenvalue weighted by molar-refractivity contribution is 0.0695. The molecule has 0 radical (unpaired) electrons. The van der Waals surface area contributed by atoms with Crippen molar-refractivity contribution in [2.75, 3.05) is 0 Å². The van der Waals surface area contributed by atoms with Gasteiger partial charge in [0.25, 0.3) is 0 Å². The highest BCUT2D eigenvalue weighted by Crippen LogP contribution is 2.22. The zero-order valence-corrected chi connectivity index (χ0v) is 9.32. The third-order valence-corrected chi connectivity index (χ3v) is 2.41. The molecule has 0 aliphatic heterocycles. The second-order valence-corrected chi connectivity index (χ2v) is 3.66. The normalized spacial score (nSPS) is 10.4. The van der Waals surface area contributed by atoms with Gasteiger partial charge in [0.05, 0.1) is 17.0 Å². The van der Waals surface area contributed by atoms with Crippen LogP contribution in [0.15, 0.2) is 24.3 Å². The van der Waals surface area contributed by atoms with Crippen LogP contribution in [-0.4, -0.2) is 21.3 Å². The highest BCUT2D eigenvalue weighted by atomic mass is 19.1. The maximum Gasteiger partial charge on any atom is 0.337 e. The van der Waals surface area contributed by atoms with Crippen LogP contribution in [0.2, 0.25) is 0 Å². The van der Waals surface area contributed by atoms with Gasteiger partial charge in [0.15, 0.2) is 0 Å². The number of aromatic nitrogens is 2. The Kier molecular flexibility index (Phi) is 3.01. The predicted octanol–water partition coefficient (Wildman–Crippen LogP) is 2.43. The van der Waals surface area contributed by atoms with Crippen molar-refractivity contribution in [2.24, 2.45) is 0 Å². The smallest absolute Gasteiger partial charge is 0.337 e. The summed E-state index contributed by atoms with van der Waals surface area (Å²) in [6.07, 6.45) is 0. The number of hydrogen-bond acceptors (Lipinski definition) is 3. The van der Waals surface area contributed by atoms with Crippen molar-refractivity contribution in [1.82, 2.24) is 10.2 Å². The number of rotatable bonds is 2. The molecule has 0 spiro atoms. The number of nitrogens with zero attached hydrogens (tertiary/aromatic N) is 2. The first kappa shape index (κ1) is 12.1. The highest BCUT2D eigenvalue weighted by molar-refractivity contribution is 5.89. The number of hydrogen-bond donors (Lipinski definition) is 1. The van der Waals surface area contributed by atoms with Gasteiger partial charge >= 0.3 is 5.97 Å². The Morgan fingerprint density at radius 2 is 1.94 bits per heavy atom. The number of carboxylic acids is 1. The molecule has 2 rings (SSSR count). The topological polar surface area (TPSA) is 63.1 Å². The minimum Gasteiger partial charge on any atom is -0.478 e. The Morgan fingerprint density at radius 3 is 2.61 bits per heavy atom. The summed E-state index contributed by atoms with van der Waals surface area (Å²) in [6.45, 7) is 1.47. The van der Waals surface area contributed by atoms with Crippen LogP contribution in [-0.2, 0) is 0 Å². The molecule has 92 valence electrons. The molecular formula is C12H8F2N2O2. The van der Waals surface area contributed by atoms with Gasteiger partial charge in [0, 0.05) is 5.56 Å². The van der Waals surface area contributed by atoms with E-state index in [1.807, 2.05) is 0 Å². The average molecular weight is 250 g/mol. The third kappa shape index (κ3) is 2.17. The summed E-state index contributed by atoms with van der Waals surface area (Å²) >= 11 is 0. The molecule has 0 aliphatic rings. The zero-order valence-electron chi connectivity index (χ0n) is 9.32. The van der Waals surface area contributed by atoms with E-state index in [4.69, 9.17) is 5.11 Å². The maximum atomic E-state index is 13.5. The van der Waals surface area contributed by atoms with Crippen molar-refractivity contribution >= 4 is 5.97 Å². The molecule has 0 aliphatic carbocycles. The predicted molar refractivity (Wildman–Crippen MR) is 59.1 cm³/mol. The Hall–Kier alpha value is -2.37. The van der Waals surface area contributed by atoms with E-state index in [0.29, 0.717) is 0 Å². The molecule has 2 aromatic rings. The van der Waals surface area contributed by atoms with Crippen LogP contribution in [0.3, 0.4) is 0 Å². The van der Waals surface area contributed by atoms with Gasteiger partial charge in [0.2, 0.25) is 0 Å². The molecule has 18 heavy (non-hydrogen) atoms. The second kappa shape index (κ2) is 4.48. The first-order chi connectivity index (χ1) is 8.49. The summed E-state index contributed by atoms with van der Waals surface area (Å²) in [6, 6.07) is 4.04. The molecular weight excluding hydrogens is 242 g/mol. The molecule has 0 saturated carbocycles. The van der Waals surface area contributed by atoms with Crippen LogP contribution in [0, 0.1) is 18.6 Å². The molecule has 1 aromatic heterocycles. The van der Waals surface area contributed by atoms with Gasteiger partial charge in [-0.2, -0.15) is 10.2 Å². The summed E-state index contributed by atoms with van der Waals surface area (Å²) in [7, 11) is 0. The number of aromatic carboxylic acids is 1. The van der Waals surface area contributed by atoms with Crippen LogP contribution >= 0.6 is 0 Å². The van der Waals surface area contributed by atoms with Crippen molar-refractivity contribution in [2.45, 2.75) is 6.92 Å². The van der Waals surface area contributed by atoms with E-state index in [2.05, 4.69) is 10.2 Å². The van der Waals surface area contributed by atoms with E-state index in [9.17, 15) is 13.6 Å². The van der Waals surface area contributed by atoms with Crippen LogP contribution < -0.4 is 0 Å². The molecule has 0 unspecified atom stereocenters. The number of benzene rings is 1. The van der Waals surface area contributed by atoms with E-state index >= 15 is 0 Å². The molecule has 0 atom stereocenters. The van der Waals surface area contributed by atoms with E-state index < -0.39 is 17.6 Å². The molecule has 0 bridgehead atoms. The van der Waals surface area contributed by atoms with Crippen molar-refractivity contribution in [3.05, 3.63) is 47.2 Å². The largest absolute Gasteiger partial charge is 0.478 e. The molecule has 1 N–H and O–H groups in total. The molecule has 1 aromatic carbocycles. The van der Waals surface area contributed by atoms with Crippen molar-refractivity contribution < 1.29 is 18.7 Å². The van der Waals surface area contributed by atoms with Gasteiger partial charge in [-0.1, -0.05) is 0 Å². The summed E-state index contributed by atoms with van der Waals surface area (Å²) in [5, 5.41) is 16.2. The fourth-order valence-electron chi connectivity index (χ4n) is 1.49.